The van der Waals surface area contributed by atoms with Crippen LogP contribution in [0.5, 0.6) is 11.5 Å². The quantitative estimate of drug-likeness (QED) is 0.774. The smallest absolute Gasteiger partial charge is 0.196 e. The van der Waals surface area contributed by atoms with E-state index in [-0.39, 0.29) is 21.4 Å². The lowest BCUT2D eigenvalue weighted by Crippen LogP contribution is -2.07. The topological polar surface area (TPSA) is 35.5 Å². The predicted molar refractivity (Wildman–Crippen MR) is 84.2 cm³/mol. The van der Waals surface area contributed by atoms with Gasteiger partial charge in [-0.25, -0.2) is 0 Å². The molecule has 0 radical (unpaired) electrons. The number of hydrogen-bond acceptors (Lipinski definition) is 3. The molecule has 0 unspecified atom stereocenters. The van der Waals surface area contributed by atoms with Gasteiger partial charge in [0.05, 0.1) is 29.8 Å². The van der Waals surface area contributed by atoms with Gasteiger partial charge in [0.25, 0.3) is 0 Å². The molecule has 0 amide bonds. The molecular weight excluding hydrogens is 311 g/mol. The number of hydrogen-bond donors (Lipinski definition) is 0. The van der Waals surface area contributed by atoms with Crippen LogP contribution >= 0.6 is 23.2 Å². The zero-order chi connectivity index (χ0) is 15.6. The highest BCUT2D eigenvalue weighted by Crippen LogP contribution is 2.41. The zero-order valence-electron chi connectivity index (χ0n) is 11.9. The lowest BCUT2D eigenvalue weighted by atomic mass is 9.98. The second-order valence-corrected chi connectivity index (χ2v) is 5.18. The molecule has 0 bridgehead atoms. The van der Waals surface area contributed by atoms with Gasteiger partial charge < -0.3 is 9.47 Å². The molecule has 0 aromatic heterocycles. The Morgan fingerprint density at radius 1 is 1.00 bits per heavy atom. The van der Waals surface area contributed by atoms with Gasteiger partial charge in [0, 0.05) is 11.6 Å². The second kappa shape index (κ2) is 6.37. The van der Waals surface area contributed by atoms with Crippen molar-refractivity contribution in [2.45, 2.75) is 6.92 Å². The number of ketones is 1. The maximum absolute atomic E-state index is 12.8. The van der Waals surface area contributed by atoms with Gasteiger partial charge in [0.2, 0.25) is 0 Å². The van der Waals surface area contributed by atoms with Crippen LogP contribution in [0.1, 0.15) is 21.5 Å². The van der Waals surface area contributed by atoms with E-state index in [1.54, 1.807) is 18.2 Å². The van der Waals surface area contributed by atoms with Crippen molar-refractivity contribution in [3.63, 3.8) is 0 Å². The predicted octanol–water partition coefficient (Wildman–Crippen LogP) is 4.55. The molecule has 0 aliphatic rings. The maximum atomic E-state index is 12.8. The summed E-state index contributed by atoms with van der Waals surface area (Å²) in [6.45, 7) is 1.85. The number of carbonyl (C=O) groups excluding carboxylic acids is 1. The van der Waals surface area contributed by atoms with Gasteiger partial charge in [-0.05, 0) is 12.5 Å². The number of halogens is 2. The first-order chi connectivity index (χ1) is 10.0. The Labute approximate surface area is 133 Å². The molecule has 21 heavy (non-hydrogen) atoms. The number of ether oxygens (including phenoxy) is 2. The molecule has 5 heteroatoms. The highest BCUT2D eigenvalue weighted by atomic mass is 35.5. The Bertz CT molecular complexity index is 668. The zero-order valence-corrected chi connectivity index (χ0v) is 13.4. The molecule has 0 fully saturated rings. The van der Waals surface area contributed by atoms with Crippen molar-refractivity contribution in [1.29, 1.82) is 0 Å². The Hall–Kier alpha value is -1.71. The fraction of sp³-hybridized carbons (Fsp3) is 0.188. The molecule has 3 nitrogen and oxygen atoms in total. The van der Waals surface area contributed by atoms with Crippen LogP contribution in [0, 0.1) is 6.92 Å². The fourth-order valence-corrected chi connectivity index (χ4v) is 2.72. The molecule has 0 N–H and O–H groups in total. The minimum Gasteiger partial charge on any atom is -0.495 e. The molecule has 0 aliphatic carbocycles. The summed E-state index contributed by atoms with van der Waals surface area (Å²) in [6, 6.07) is 8.79. The van der Waals surface area contributed by atoms with Crippen LogP contribution in [-0.4, -0.2) is 20.0 Å². The van der Waals surface area contributed by atoms with Gasteiger partial charge in [-0.1, -0.05) is 47.5 Å². The van der Waals surface area contributed by atoms with Crippen LogP contribution in [0.25, 0.3) is 0 Å². The molecule has 0 spiro atoms. The molecule has 0 atom stereocenters. The first-order valence-corrected chi connectivity index (χ1v) is 6.97. The van der Waals surface area contributed by atoms with Gasteiger partial charge in [-0.2, -0.15) is 0 Å². The third-order valence-corrected chi connectivity index (χ3v) is 3.94. The first kappa shape index (κ1) is 15.7. The van der Waals surface area contributed by atoms with Crippen molar-refractivity contribution in [2.75, 3.05) is 14.2 Å². The van der Waals surface area contributed by atoms with E-state index in [2.05, 4.69) is 0 Å². The van der Waals surface area contributed by atoms with Crippen molar-refractivity contribution in [2.24, 2.45) is 0 Å². The van der Waals surface area contributed by atoms with E-state index in [9.17, 15) is 4.79 Å². The van der Waals surface area contributed by atoms with E-state index in [1.165, 1.54) is 14.2 Å². The summed E-state index contributed by atoms with van der Waals surface area (Å²) in [5.74, 6) is 0.421. The summed E-state index contributed by atoms with van der Waals surface area (Å²) in [5.41, 5.74) is 1.57. The Balaban J connectivity index is 2.68. The van der Waals surface area contributed by atoms with Gasteiger partial charge >= 0.3 is 0 Å². The van der Waals surface area contributed by atoms with Gasteiger partial charge in [-0.15, -0.1) is 0 Å². The molecule has 110 valence electrons. The van der Waals surface area contributed by atoms with Crippen molar-refractivity contribution in [3.8, 4) is 11.5 Å². The Morgan fingerprint density at radius 3 is 2.00 bits per heavy atom. The fourth-order valence-electron chi connectivity index (χ4n) is 2.05. The maximum Gasteiger partial charge on any atom is 0.196 e. The van der Waals surface area contributed by atoms with Crippen LogP contribution < -0.4 is 9.47 Å². The third kappa shape index (κ3) is 2.85. The minimum absolute atomic E-state index is 0.177. The summed E-state index contributed by atoms with van der Waals surface area (Å²) in [5, 5.41) is 0.355. The molecular formula is C16H14Cl2O3. The summed E-state index contributed by atoms with van der Waals surface area (Å²) in [6.07, 6.45) is 0. The van der Waals surface area contributed by atoms with E-state index in [0.29, 0.717) is 17.1 Å². The first-order valence-electron chi connectivity index (χ1n) is 6.21. The van der Waals surface area contributed by atoms with E-state index in [0.717, 1.165) is 5.56 Å². The third-order valence-electron chi connectivity index (χ3n) is 3.19. The summed E-state index contributed by atoms with van der Waals surface area (Å²) in [7, 11) is 2.94. The molecule has 0 saturated heterocycles. The SMILES string of the molecule is COc1cc(OC)c(Cl)c(C(=O)c2ccccc2C)c1Cl. The van der Waals surface area contributed by atoms with Crippen LogP contribution in [0.3, 0.4) is 0 Å². The highest BCUT2D eigenvalue weighted by Gasteiger charge is 2.24. The van der Waals surface area contributed by atoms with Crippen LogP contribution in [0.15, 0.2) is 30.3 Å². The Morgan fingerprint density at radius 2 is 1.52 bits per heavy atom. The molecule has 0 saturated carbocycles. The molecule has 0 heterocycles. The molecule has 0 aliphatic heterocycles. The second-order valence-electron chi connectivity index (χ2n) is 4.43. The number of carbonyl (C=O) groups is 1. The molecule has 2 aromatic rings. The summed E-state index contributed by atoms with van der Waals surface area (Å²) < 4.78 is 10.4. The van der Waals surface area contributed by atoms with E-state index in [1.807, 2.05) is 19.1 Å². The standard InChI is InChI=1S/C16H14Cl2O3/c1-9-6-4-5-7-10(9)16(19)13-14(17)11(20-2)8-12(21-3)15(13)18/h4-8H,1-3H3. The average Bonchev–Trinajstić information content (AvgIpc) is 2.48. The summed E-state index contributed by atoms with van der Waals surface area (Å²) in [4.78, 5) is 12.8. The van der Waals surface area contributed by atoms with Crippen molar-refractivity contribution in [3.05, 3.63) is 57.1 Å². The van der Waals surface area contributed by atoms with Gasteiger partial charge in [-0.3, -0.25) is 4.79 Å². The Kier molecular flexibility index (Phi) is 4.76. The van der Waals surface area contributed by atoms with Crippen LogP contribution in [-0.2, 0) is 0 Å². The molecule has 2 rings (SSSR count). The summed E-state index contributed by atoms with van der Waals surface area (Å²) >= 11 is 12.5. The number of aryl methyl sites for hydroxylation is 1. The largest absolute Gasteiger partial charge is 0.495 e. The van der Waals surface area contributed by atoms with Gasteiger partial charge in [0.15, 0.2) is 5.78 Å². The van der Waals surface area contributed by atoms with E-state index >= 15 is 0 Å². The van der Waals surface area contributed by atoms with Crippen molar-refractivity contribution in [1.82, 2.24) is 0 Å². The normalized spacial score (nSPS) is 10.3. The van der Waals surface area contributed by atoms with Gasteiger partial charge in [0.1, 0.15) is 11.5 Å². The van der Waals surface area contributed by atoms with E-state index < -0.39 is 0 Å². The number of benzene rings is 2. The average molecular weight is 325 g/mol. The molecule has 2 aromatic carbocycles. The van der Waals surface area contributed by atoms with Crippen LogP contribution in [0.4, 0.5) is 0 Å². The highest BCUT2D eigenvalue weighted by molar-refractivity contribution is 6.42. The van der Waals surface area contributed by atoms with Crippen molar-refractivity contribution < 1.29 is 14.3 Å². The van der Waals surface area contributed by atoms with Crippen molar-refractivity contribution >= 4 is 29.0 Å². The lowest BCUT2D eigenvalue weighted by molar-refractivity contribution is 0.103. The lowest BCUT2D eigenvalue weighted by Gasteiger charge is -2.14. The number of methoxy groups -OCH3 is 2. The van der Waals surface area contributed by atoms with Crippen LogP contribution in [0.2, 0.25) is 10.0 Å². The number of rotatable bonds is 4. The van der Waals surface area contributed by atoms with E-state index in [4.69, 9.17) is 32.7 Å². The monoisotopic (exact) mass is 324 g/mol. The minimum atomic E-state index is -0.264.